The first kappa shape index (κ1) is 19.5. The van der Waals surface area contributed by atoms with E-state index in [1.807, 2.05) is 30.3 Å². The summed E-state index contributed by atoms with van der Waals surface area (Å²) in [5.41, 5.74) is 5.16. The summed E-state index contributed by atoms with van der Waals surface area (Å²) in [6.07, 6.45) is 4.72. The van der Waals surface area contributed by atoms with E-state index < -0.39 is 0 Å². The average Bonchev–Trinajstić information content (AvgIpc) is 2.94. The Morgan fingerprint density at radius 1 is 1.26 bits per heavy atom. The second kappa shape index (κ2) is 8.61. The van der Waals surface area contributed by atoms with Gasteiger partial charge in [-0.1, -0.05) is 11.8 Å². The van der Waals surface area contributed by atoms with Crippen molar-refractivity contribution in [2.45, 2.75) is 40.2 Å². The molecular weight excluding hydrogens is 354 g/mol. The number of hydrogen-bond donors (Lipinski definition) is 1. The van der Waals surface area contributed by atoms with Gasteiger partial charge in [0.25, 0.3) is 0 Å². The lowest BCUT2D eigenvalue weighted by Gasteiger charge is -2.13. The second-order valence-electron chi connectivity index (χ2n) is 7.08. The molecule has 1 aliphatic heterocycles. The Labute approximate surface area is 165 Å². The summed E-state index contributed by atoms with van der Waals surface area (Å²) in [5.74, 6) is 1.12. The van der Waals surface area contributed by atoms with E-state index in [0.29, 0.717) is 11.6 Å². The Morgan fingerprint density at radius 2 is 2.00 bits per heavy atom. The predicted octanol–water partition coefficient (Wildman–Crippen LogP) is 5.49. The van der Waals surface area contributed by atoms with Gasteiger partial charge in [0.1, 0.15) is 0 Å². The van der Waals surface area contributed by atoms with Crippen molar-refractivity contribution in [2.75, 3.05) is 17.6 Å². The van der Waals surface area contributed by atoms with Crippen LogP contribution in [0, 0.1) is 13.8 Å². The van der Waals surface area contributed by atoms with E-state index in [2.05, 4.69) is 48.6 Å². The van der Waals surface area contributed by atoms with E-state index in [1.54, 1.807) is 17.8 Å². The number of allylic oxidation sites excluding steroid dienone is 1. The molecule has 1 N–H and O–H groups in total. The van der Waals surface area contributed by atoms with Crippen molar-refractivity contribution in [3.05, 3.63) is 58.9 Å². The Hall–Kier alpha value is -2.27. The number of anilines is 1. The molecule has 0 unspecified atom stereocenters. The highest BCUT2D eigenvalue weighted by atomic mass is 32.2. The minimum atomic E-state index is 0.0141. The van der Waals surface area contributed by atoms with Crippen LogP contribution in [0.15, 0.2) is 41.4 Å². The molecule has 0 saturated heterocycles. The van der Waals surface area contributed by atoms with Crippen LogP contribution in [-0.4, -0.2) is 27.8 Å². The zero-order chi connectivity index (χ0) is 19.4. The molecule has 0 atom stereocenters. The highest BCUT2D eigenvalue weighted by molar-refractivity contribution is 8.14. The fourth-order valence-electron chi connectivity index (χ4n) is 3.40. The van der Waals surface area contributed by atoms with Crippen LogP contribution in [0.2, 0.25) is 0 Å². The number of nitrogens with one attached hydrogen (secondary N) is 1. The Morgan fingerprint density at radius 3 is 2.59 bits per heavy atom. The standard InChI is InChI=1S/C22H27N3OS/c1-15(2)25-16(3)14-19(17(25)4)8-11-21(26)18-6-9-20(10-7-18)24-22-23-12-5-13-27-22/h6-11,14-15H,5,12-13H2,1-4H3,(H,23,24)/b11-8+. The van der Waals surface area contributed by atoms with Gasteiger partial charge in [-0.2, -0.15) is 0 Å². The molecule has 2 heterocycles. The number of ketones is 1. The SMILES string of the molecule is Cc1cc(/C=C/C(=O)c2ccc(NC3=NCCCS3)cc2)c(C)n1C(C)C. The summed E-state index contributed by atoms with van der Waals surface area (Å²) in [6, 6.07) is 10.1. The summed E-state index contributed by atoms with van der Waals surface area (Å²) in [7, 11) is 0. The molecule has 0 radical (unpaired) electrons. The largest absolute Gasteiger partial charge is 0.346 e. The number of carbonyl (C=O) groups excluding carboxylic acids is 1. The van der Waals surface area contributed by atoms with Gasteiger partial charge in [0.05, 0.1) is 0 Å². The second-order valence-corrected chi connectivity index (χ2v) is 8.16. The molecule has 5 heteroatoms. The van der Waals surface area contributed by atoms with Crippen LogP contribution < -0.4 is 5.32 Å². The molecule has 1 aromatic carbocycles. The van der Waals surface area contributed by atoms with Crippen molar-refractivity contribution in [2.24, 2.45) is 4.99 Å². The van der Waals surface area contributed by atoms with Crippen LogP contribution in [0.1, 0.15) is 53.6 Å². The van der Waals surface area contributed by atoms with Gasteiger partial charge in [-0.15, -0.1) is 0 Å². The number of benzene rings is 1. The van der Waals surface area contributed by atoms with Gasteiger partial charge in [0, 0.05) is 41.0 Å². The van der Waals surface area contributed by atoms with Crippen molar-refractivity contribution >= 4 is 34.5 Å². The minimum absolute atomic E-state index is 0.0141. The summed E-state index contributed by atoms with van der Waals surface area (Å²) in [6.45, 7) is 9.43. The lowest BCUT2D eigenvalue weighted by molar-refractivity contribution is 0.104. The van der Waals surface area contributed by atoms with Crippen LogP contribution in [-0.2, 0) is 0 Å². The van der Waals surface area contributed by atoms with Crippen molar-refractivity contribution in [1.29, 1.82) is 0 Å². The van der Waals surface area contributed by atoms with Crippen LogP contribution in [0.25, 0.3) is 6.08 Å². The highest BCUT2D eigenvalue weighted by Gasteiger charge is 2.10. The third-order valence-electron chi connectivity index (χ3n) is 4.67. The zero-order valence-electron chi connectivity index (χ0n) is 16.5. The molecule has 4 nitrogen and oxygen atoms in total. The zero-order valence-corrected chi connectivity index (χ0v) is 17.3. The van der Waals surface area contributed by atoms with Crippen LogP contribution in [0.4, 0.5) is 5.69 Å². The Bertz CT molecular complexity index is 876. The lowest BCUT2D eigenvalue weighted by atomic mass is 10.1. The van der Waals surface area contributed by atoms with Gasteiger partial charge >= 0.3 is 0 Å². The molecule has 0 bridgehead atoms. The molecule has 1 aromatic heterocycles. The highest BCUT2D eigenvalue weighted by Crippen LogP contribution is 2.22. The number of rotatable bonds is 5. The van der Waals surface area contributed by atoms with Crippen molar-refractivity contribution in [3.8, 4) is 0 Å². The maximum absolute atomic E-state index is 12.5. The van der Waals surface area contributed by atoms with Crippen LogP contribution in [0.3, 0.4) is 0 Å². The topological polar surface area (TPSA) is 46.4 Å². The molecule has 142 valence electrons. The smallest absolute Gasteiger partial charge is 0.185 e. The van der Waals surface area contributed by atoms with E-state index >= 15 is 0 Å². The molecule has 0 fully saturated rings. The molecule has 0 spiro atoms. The van der Waals surface area contributed by atoms with E-state index in [4.69, 9.17) is 0 Å². The summed E-state index contributed by atoms with van der Waals surface area (Å²) >= 11 is 1.74. The van der Waals surface area contributed by atoms with Gasteiger partial charge in [-0.05, 0) is 82.2 Å². The van der Waals surface area contributed by atoms with Crippen LogP contribution >= 0.6 is 11.8 Å². The summed E-state index contributed by atoms with van der Waals surface area (Å²) in [4.78, 5) is 17.0. The number of nitrogens with zero attached hydrogens (tertiary/aromatic N) is 2. The van der Waals surface area contributed by atoms with Gasteiger partial charge in [0.2, 0.25) is 0 Å². The molecular formula is C22H27N3OS. The first-order valence-corrected chi connectivity index (χ1v) is 10.4. The maximum atomic E-state index is 12.5. The van der Waals surface area contributed by atoms with Crippen molar-refractivity contribution in [1.82, 2.24) is 4.57 Å². The van der Waals surface area contributed by atoms with Gasteiger partial charge in [-0.3, -0.25) is 9.79 Å². The van der Waals surface area contributed by atoms with Crippen molar-refractivity contribution in [3.63, 3.8) is 0 Å². The number of carbonyl (C=O) groups is 1. The number of thioether (sulfide) groups is 1. The lowest BCUT2D eigenvalue weighted by Crippen LogP contribution is -2.13. The number of aliphatic imine (C=N–C) groups is 1. The van der Waals surface area contributed by atoms with Gasteiger partial charge in [-0.25, -0.2) is 0 Å². The molecule has 1 aliphatic rings. The van der Waals surface area contributed by atoms with Gasteiger partial charge in [0.15, 0.2) is 11.0 Å². The third-order valence-corrected chi connectivity index (χ3v) is 5.67. The van der Waals surface area contributed by atoms with Gasteiger partial charge < -0.3 is 9.88 Å². The van der Waals surface area contributed by atoms with E-state index in [9.17, 15) is 4.79 Å². The van der Waals surface area contributed by atoms with Crippen molar-refractivity contribution < 1.29 is 4.79 Å². The quantitative estimate of drug-likeness (QED) is 0.550. The Balaban J connectivity index is 1.68. The maximum Gasteiger partial charge on any atom is 0.185 e. The number of hydrogen-bond acceptors (Lipinski definition) is 4. The third kappa shape index (κ3) is 4.72. The molecule has 0 aliphatic carbocycles. The molecule has 0 amide bonds. The predicted molar refractivity (Wildman–Crippen MR) is 117 cm³/mol. The average molecular weight is 382 g/mol. The van der Waals surface area contributed by atoms with E-state index in [-0.39, 0.29) is 5.78 Å². The van der Waals surface area contributed by atoms with Crippen LogP contribution in [0.5, 0.6) is 0 Å². The Kier molecular flexibility index (Phi) is 6.22. The fourth-order valence-corrected chi connectivity index (χ4v) is 4.24. The van der Waals surface area contributed by atoms with E-state index in [1.165, 1.54) is 11.4 Å². The summed E-state index contributed by atoms with van der Waals surface area (Å²) in [5, 5.41) is 4.27. The molecule has 2 aromatic rings. The monoisotopic (exact) mass is 381 g/mol. The molecule has 3 rings (SSSR count). The molecule has 27 heavy (non-hydrogen) atoms. The number of amidine groups is 1. The first-order valence-electron chi connectivity index (χ1n) is 9.41. The summed E-state index contributed by atoms with van der Waals surface area (Å²) < 4.78 is 2.29. The minimum Gasteiger partial charge on any atom is -0.346 e. The first-order chi connectivity index (χ1) is 13.0. The number of aryl methyl sites for hydroxylation is 1. The fraction of sp³-hybridized carbons (Fsp3) is 0.364. The number of aromatic nitrogens is 1. The molecule has 0 saturated carbocycles. The van der Waals surface area contributed by atoms with E-state index in [0.717, 1.165) is 35.1 Å². The normalized spacial score (nSPS) is 14.6.